The number of carboxylic acids is 1. The van der Waals surface area contributed by atoms with Crippen LogP contribution in [0.1, 0.15) is 95.9 Å². The highest BCUT2D eigenvalue weighted by molar-refractivity contribution is 7.93. The van der Waals surface area contributed by atoms with Crippen LogP contribution in [-0.4, -0.2) is 110 Å². The Morgan fingerprint density at radius 1 is 0.917 bits per heavy atom. The molecule has 0 fully saturated rings. The maximum atomic E-state index is 15.9. The summed E-state index contributed by atoms with van der Waals surface area (Å²) >= 11 is 6.73. The number of alkyl halides is 8. The number of hydrogen-bond donors (Lipinski definition) is 4. The predicted octanol–water partition coefficient (Wildman–Crippen LogP) is 9.23. The minimum Gasteiger partial charge on any atom is -0.478 e. The van der Waals surface area contributed by atoms with E-state index in [-0.39, 0.29) is 43.3 Å². The molecule has 3 amide bonds. The monoisotopic (exact) mass is 1280 g/mol. The molecule has 0 radical (unpaired) electrons. The lowest BCUT2D eigenvalue weighted by Crippen LogP contribution is -2.45. The van der Waals surface area contributed by atoms with Crippen LogP contribution in [0.3, 0.4) is 0 Å². The van der Waals surface area contributed by atoms with E-state index >= 15 is 8.78 Å². The van der Waals surface area contributed by atoms with Crippen molar-refractivity contribution >= 4 is 79.7 Å². The number of carbonyl (C=O) groups excluding carboxylic acids is 2. The van der Waals surface area contributed by atoms with Crippen LogP contribution in [-0.2, 0) is 78.4 Å². The summed E-state index contributed by atoms with van der Waals surface area (Å²) in [5, 5.41) is 18.0. The van der Waals surface area contributed by atoms with E-state index in [0.717, 1.165) is 57.5 Å². The van der Waals surface area contributed by atoms with Crippen LogP contribution in [0.4, 0.5) is 60.3 Å². The van der Waals surface area contributed by atoms with E-state index in [1.165, 1.54) is 26.0 Å². The van der Waals surface area contributed by atoms with Crippen LogP contribution < -0.4 is 14.5 Å². The van der Waals surface area contributed by atoms with Gasteiger partial charge in [-0.15, -0.1) is 0 Å². The molecule has 0 aliphatic heterocycles. The third-order valence-corrected chi connectivity index (χ3v) is 17.9. The Labute approximate surface area is 475 Å². The summed E-state index contributed by atoms with van der Waals surface area (Å²) in [4.78, 5) is 68.6. The lowest BCUT2D eigenvalue weighted by atomic mass is 9.93. The number of hydrogen-bond acceptors (Lipinski definition) is 13. The van der Waals surface area contributed by atoms with E-state index in [1.807, 2.05) is 0 Å². The molecule has 1 aliphatic rings. The van der Waals surface area contributed by atoms with E-state index < -0.39 is 191 Å². The van der Waals surface area contributed by atoms with Gasteiger partial charge in [-0.2, -0.15) is 49.6 Å². The molecule has 1 aliphatic carbocycles. The third kappa shape index (κ3) is 13.7. The highest BCUT2D eigenvalue weighted by Gasteiger charge is 2.57. The number of rotatable bonds is 19. The maximum absolute atomic E-state index is 15.9. The second-order valence-corrected chi connectivity index (χ2v) is 26.5. The Bertz CT molecular complexity index is 3900. The van der Waals surface area contributed by atoms with Crippen LogP contribution in [0, 0.1) is 17.6 Å². The van der Waals surface area contributed by atoms with Crippen molar-refractivity contribution in [1.82, 2.24) is 34.8 Å². The van der Waals surface area contributed by atoms with Gasteiger partial charge in [0.05, 0.1) is 50.8 Å². The van der Waals surface area contributed by atoms with Gasteiger partial charge in [0.15, 0.2) is 21.3 Å². The molecule has 456 valence electrons. The molecular weight excluding hydrogens is 1230 g/mol. The van der Waals surface area contributed by atoms with Gasteiger partial charge in [-0.1, -0.05) is 37.6 Å². The summed E-state index contributed by atoms with van der Waals surface area (Å²) in [5.74, 6) is -14.4. The number of carboxylic acid groups (broad SMARTS) is 1. The van der Waals surface area contributed by atoms with Crippen LogP contribution in [0.5, 0.6) is 0 Å². The van der Waals surface area contributed by atoms with Gasteiger partial charge in [0, 0.05) is 59.4 Å². The first-order valence-corrected chi connectivity index (χ1v) is 30.0. The number of amides is 3. The van der Waals surface area contributed by atoms with Crippen molar-refractivity contribution in [3.8, 4) is 11.1 Å². The second-order valence-electron chi connectivity index (χ2n) is 20.4. The molecule has 84 heavy (non-hydrogen) atoms. The van der Waals surface area contributed by atoms with Gasteiger partial charge in [-0.25, -0.2) is 44.8 Å². The Kier molecular flexibility index (Phi) is 17.7. The second kappa shape index (κ2) is 22.9. The number of sulfonamides is 1. The van der Waals surface area contributed by atoms with Crippen molar-refractivity contribution in [1.29, 1.82) is 0 Å². The number of aryl methyl sites for hydroxylation is 1. The van der Waals surface area contributed by atoms with Gasteiger partial charge in [-0.05, 0) is 74.9 Å². The number of nitrogens with one attached hydrogen (secondary N) is 1. The fourth-order valence-electron chi connectivity index (χ4n) is 9.39. The molecule has 0 saturated carbocycles. The summed E-state index contributed by atoms with van der Waals surface area (Å²) in [7, 11) is -13.5. The average molecular weight is 1280 g/mol. The Balaban J connectivity index is 1.49. The molecule has 35 heteroatoms. The average Bonchev–Trinajstić information content (AvgIpc) is 1.59. The largest absolute Gasteiger partial charge is 0.478 e. The number of aromatic nitrogens is 6. The maximum Gasteiger partial charge on any atom is 0.469 e. The minimum absolute atomic E-state index is 0.0281. The first-order chi connectivity index (χ1) is 38.4. The number of phosphoric ester groups is 1. The topological polar surface area (TPSA) is 286 Å². The van der Waals surface area contributed by atoms with Gasteiger partial charge in [0.2, 0.25) is 15.9 Å². The number of anilines is 2. The van der Waals surface area contributed by atoms with E-state index in [4.69, 9.17) is 11.6 Å². The molecule has 6 aromatic rings. The number of halogens is 11. The Hall–Kier alpha value is -6.77. The molecular formula is C49H49ClF10N9O12PS2. The standard InChI is InChI=1S/C49H49ClF10N9O12PS2/c1-23-24(2)48(56,57)41-36(23)40(49(58,59)60)64-67(41)20-35(70)63-34(16-25-14-28(51)18-29(52)15-25)38-31(9-8-30(62-38)12-13-46(3,4)83(6,77)78)32-10-11-33(50)37-39(32)68(22-47(53,54)55)65-43(37)69(84(7,79)80)45(73)66(5)42-27(21-81-82(74,75)76)17-26(19-61-42)44(71)72/h8-11,14-15,17-19,23-24,34H,12-13,16,20-22H2,1-7H3,(H,63,70)(H,71,72)(H2,74,75,76)/t23-,24+,34-/m0/s1. The zero-order valence-electron chi connectivity index (χ0n) is 44.7. The Morgan fingerprint density at radius 3 is 2.10 bits per heavy atom. The van der Waals surface area contributed by atoms with E-state index in [1.54, 1.807) is 0 Å². The van der Waals surface area contributed by atoms with Crippen LogP contribution in [0.15, 0.2) is 54.7 Å². The minimum atomic E-state index is -5.35. The van der Waals surface area contributed by atoms with Crippen LogP contribution in [0.25, 0.3) is 22.0 Å². The molecule has 3 atom stereocenters. The summed E-state index contributed by atoms with van der Waals surface area (Å²) in [6.45, 7) is 0.184. The lowest BCUT2D eigenvalue weighted by molar-refractivity contribution is -0.143. The number of phosphoric acid groups is 1. The summed E-state index contributed by atoms with van der Waals surface area (Å²) < 4.78 is 218. The number of sulfone groups is 1. The molecule has 21 nitrogen and oxygen atoms in total. The number of aromatic carboxylic acids is 1. The number of benzene rings is 2. The number of nitrogens with zero attached hydrogens (tertiary/aromatic N) is 8. The third-order valence-electron chi connectivity index (χ3n) is 14.0. The van der Waals surface area contributed by atoms with Gasteiger partial charge < -0.3 is 20.2 Å². The first kappa shape index (κ1) is 64.8. The van der Waals surface area contributed by atoms with Gasteiger partial charge in [0.1, 0.15) is 36.2 Å². The molecule has 0 bridgehead atoms. The van der Waals surface area contributed by atoms with Crippen molar-refractivity contribution in [2.45, 2.75) is 102 Å². The normalized spacial score (nSPS) is 16.2. The summed E-state index contributed by atoms with van der Waals surface area (Å²) in [5.41, 5.74) is -7.38. The molecule has 2 aromatic carbocycles. The highest BCUT2D eigenvalue weighted by Crippen LogP contribution is 2.55. The summed E-state index contributed by atoms with van der Waals surface area (Å²) in [6, 6.07) is 3.63. The lowest BCUT2D eigenvalue weighted by Gasteiger charge is -2.26. The zero-order valence-corrected chi connectivity index (χ0v) is 48.0. The van der Waals surface area contributed by atoms with Crippen molar-refractivity contribution in [3.63, 3.8) is 0 Å². The molecule has 0 saturated heterocycles. The Morgan fingerprint density at radius 2 is 1.54 bits per heavy atom. The van der Waals surface area contributed by atoms with Crippen LogP contribution >= 0.6 is 19.4 Å². The van der Waals surface area contributed by atoms with Crippen LogP contribution in [0.2, 0.25) is 5.02 Å². The molecule has 4 N–H and O–H groups in total. The van der Waals surface area contributed by atoms with Crippen molar-refractivity contribution < 1.29 is 99.1 Å². The van der Waals surface area contributed by atoms with Crippen molar-refractivity contribution in [2.75, 3.05) is 28.8 Å². The first-order valence-electron chi connectivity index (χ1n) is 24.4. The van der Waals surface area contributed by atoms with E-state index in [0.29, 0.717) is 23.4 Å². The molecule has 0 spiro atoms. The van der Waals surface area contributed by atoms with E-state index in [9.17, 15) is 85.8 Å². The fraction of sp³-hybridized carbons (Fsp3) is 0.408. The van der Waals surface area contributed by atoms with E-state index in [2.05, 4.69) is 30.0 Å². The predicted molar refractivity (Wildman–Crippen MR) is 280 cm³/mol. The van der Waals surface area contributed by atoms with Gasteiger partial charge in [-0.3, -0.25) is 28.6 Å². The fourth-order valence-corrected chi connectivity index (χ4v) is 11.3. The van der Waals surface area contributed by atoms with Gasteiger partial charge in [0.25, 0.3) is 5.92 Å². The molecule has 4 heterocycles. The SMILES string of the molecule is C[C@@H]1c2c(C(F)(F)F)nn(CC(=O)N[C@@H](Cc3cc(F)cc(F)c3)c3nc(CCC(C)(C)S(C)(=O)=O)ccc3-c3ccc(Cl)c4c(N(C(=O)N(C)c5ncc(C(=O)O)cc5COP(=O)(O)O)S(C)(=O)=O)nn(CC(F)(F)F)c34)c2C(F)(F)[C@@H]1C. The molecule has 0 unspecified atom stereocenters. The quantitative estimate of drug-likeness (QED) is 0.0434. The zero-order chi connectivity index (χ0) is 62.9. The number of pyridine rings is 2. The van der Waals surface area contributed by atoms with Crippen molar-refractivity contribution in [3.05, 3.63) is 116 Å². The number of carbonyl (C=O) groups is 3. The highest BCUT2D eigenvalue weighted by atomic mass is 35.5. The van der Waals surface area contributed by atoms with Gasteiger partial charge >= 0.3 is 32.2 Å². The molecule has 7 rings (SSSR count). The summed E-state index contributed by atoms with van der Waals surface area (Å²) in [6.07, 6.45) is -9.75. The number of urea groups is 1. The smallest absolute Gasteiger partial charge is 0.469 e. The number of fused-ring (bicyclic) bond motifs is 2. The molecule has 4 aromatic heterocycles. The van der Waals surface area contributed by atoms with Crippen molar-refractivity contribution in [2.24, 2.45) is 5.92 Å².